The molecule has 10 heteroatoms. The molecule has 2 N–H and O–H groups in total. The number of amides is 1. The third-order valence-corrected chi connectivity index (χ3v) is 4.95. The van der Waals surface area contributed by atoms with Gasteiger partial charge in [0, 0.05) is 10.7 Å². The number of aromatic amines is 1. The van der Waals surface area contributed by atoms with Gasteiger partial charge in [0.25, 0.3) is 17.2 Å². The van der Waals surface area contributed by atoms with E-state index in [1.165, 1.54) is 18.2 Å². The van der Waals surface area contributed by atoms with E-state index >= 15 is 0 Å². The number of Topliss-reactive ketones (excluding diaryl/α,β-unsaturated/α-hetero) is 2. The number of ether oxygens (including phenoxy) is 1. The minimum atomic E-state index is -2.09. The molecule has 0 spiro atoms. The van der Waals surface area contributed by atoms with E-state index in [0.717, 1.165) is 12.7 Å². The number of nitrogens with zero attached hydrogens (tertiary/aromatic N) is 1. The van der Waals surface area contributed by atoms with E-state index in [9.17, 15) is 24.0 Å². The van der Waals surface area contributed by atoms with Crippen molar-refractivity contribution in [3.05, 3.63) is 68.6 Å². The first-order chi connectivity index (χ1) is 15.1. The van der Waals surface area contributed by atoms with Crippen molar-refractivity contribution in [2.24, 2.45) is 0 Å². The van der Waals surface area contributed by atoms with Gasteiger partial charge in [-0.2, -0.15) is 0 Å². The monoisotopic (exact) mass is 455 g/mol. The van der Waals surface area contributed by atoms with Crippen LogP contribution in [0.25, 0.3) is 11.0 Å². The number of esters is 1. The van der Waals surface area contributed by atoms with Crippen molar-refractivity contribution in [1.29, 1.82) is 0 Å². The molecule has 9 nitrogen and oxygen atoms in total. The van der Waals surface area contributed by atoms with Crippen LogP contribution >= 0.6 is 11.6 Å². The highest BCUT2D eigenvalue weighted by Gasteiger charge is 2.40. The summed E-state index contributed by atoms with van der Waals surface area (Å²) in [5.41, 5.74) is 0.897. The van der Waals surface area contributed by atoms with E-state index in [1.807, 2.05) is 6.92 Å². The standard InChI is InChI=1S/C22H18ClN3O6/c1-10-4-6-13(11(2)8-10)25-21(30)18(27)16(19(28)22(31)32-3)17-20(29)26-15-9-12(23)5-7-14(15)24-17/h4-9,16H,1-3H3,(H,25,30)(H,26,29). The fourth-order valence-corrected chi connectivity index (χ4v) is 3.30. The van der Waals surface area contributed by atoms with Crippen molar-refractivity contribution in [2.75, 3.05) is 12.4 Å². The van der Waals surface area contributed by atoms with E-state index in [2.05, 4.69) is 20.0 Å². The van der Waals surface area contributed by atoms with Crippen LogP contribution in [-0.2, 0) is 23.9 Å². The molecular weight excluding hydrogens is 438 g/mol. The second kappa shape index (κ2) is 9.11. The second-order valence-corrected chi connectivity index (χ2v) is 7.47. The Kier molecular flexibility index (Phi) is 6.50. The lowest BCUT2D eigenvalue weighted by Crippen LogP contribution is -2.39. The van der Waals surface area contributed by atoms with Crippen LogP contribution in [0, 0.1) is 13.8 Å². The molecule has 1 heterocycles. The number of H-pyrrole nitrogens is 1. The van der Waals surface area contributed by atoms with E-state index < -0.39 is 40.6 Å². The van der Waals surface area contributed by atoms with Crippen molar-refractivity contribution >= 4 is 51.8 Å². The number of aryl methyl sites for hydroxylation is 2. The number of carbonyl (C=O) groups excluding carboxylic acids is 4. The lowest BCUT2D eigenvalue weighted by molar-refractivity contribution is -0.154. The lowest BCUT2D eigenvalue weighted by atomic mass is 9.94. The molecule has 1 unspecified atom stereocenters. The topological polar surface area (TPSA) is 135 Å². The molecule has 0 aliphatic rings. The van der Waals surface area contributed by atoms with Crippen LogP contribution < -0.4 is 10.9 Å². The van der Waals surface area contributed by atoms with E-state index in [-0.39, 0.29) is 11.0 Å². The normalized spacial score (nSPS) is 11.6. The van der Waals surface area contributed by atoms with Gasteiger partial charge in [0.2, 0.25) is 5.78 Å². The Labute approximate surface area is 186 Å². The number of methoxy groups -OCH3 is 1. The Balaban J connectivity index is 2.06. The summed E-state index contributed by atoms with van der Waals surface area (Å²) in [6.45, 7) is 3.59. The number of nitrogens with one attached hydrogen (secondary N) is 2. The molecule has 0 aliphatic carbocycles. The molecular formula is C22H18ClN3O6. The highest BCUT2D eigenvalue weighted by molar-refractivity contribution is 6.52. The molecule has 1 aromatic heterocycles. The third-order valence-electron chi connectivity index (χ3n) is 4.72. The van der Waals surface area contributed by atoms with Crippen LogP contribution in [0.4, 0.5) is 5.69 Å². The van der Waals surface area contributed by atoms with Crippen LogP contribution in [0.2, 0.25) is 5.02 Å². The first-order valence-electron chi connectivity index (χ1n) is 9.36. The first-order valence-corrected chi connectivity index (χ1v) is 9.74. The van der Waals surface area contributed by atoms with Gasteiger partial charge >= 0.3 is 5.97 Å². The number of rotatable bonds is 6. The SMILES string of the molecule is COC(=O)C(=O)C(C(=O)C(=O)Nc1ccc(C)cc1C)c1nc2ccc(Cl)cc2[nH]c1=O. The molecule has 0 fully saturated rings. The summed E-state index contributed by atoms with van der Waals surface area (Å²) in [7, 11) is 0.942. The van der Waals surface area contributed by atoms with Crippen LogP contribution in [0.1, 0.15) is 22.7 Å². The Morgan fingerprint density at radius 2 is 1.78 bits per heavy atom. The molecule has 0 saturated heterocycles. The van der Waals surface area contributed by atoms with Crippen molar-refractivity contribution in [2.45, 2.75) is 19.8 Å². The Morgan fingerprint density at radius 1 is 1.06 bits per heavy atom. The molecule has 0 aliphatic heterocycles. The summed E-state index contributed by atoms with van der Waals surface area (Å²) >= 11 is 5.90. The molecule has 32 heavy (non-hydrogen) atoms. The average Bonchev–Trinajstić information content (AvgIpc) is 2.75. The quantitative estimate of drug-likeness (QED) is 0.330. The number of benzene rings is 2. The maximum absolute atomic E-state index is 13.0. The van der Waals surface area contributed by atoms with Gasteiger partial charge in [-0.3, -0.25) is 19.2 Å². The van der Waals surface area contributed by atoms with Crippen molar-refractivity contribution < 1.29 is 23.9 Å². The number of halogens is 1. The number of hydrogen-bond acceptors (Lipinski definition) is 7. The lowest BCUT2D eigenvalue weighted by Gasteiger charge is -2.14. The summed E-state index contributed by atoms with van der Waals surface area (Å²) < 4.78 is 4.41. The molecule has 3 aromatic rings. The maximum Gasteiger partial charge on any atom is 0.375 e. The average molecular weight is 456 g/mol. The molecule has 3 rings (SSSR count). The van der Waals surface area contributed by atoms with Gasteiger partial charge in [0.05, 0.1) is 18.1 Å². The second-order valence-electron chi connectivity index (χ2n) is 7.04. The Bertz CT molecular complexity index is 1330. The summed E-state index contributed by atoms with van der Waals surface area (Å²) in [6.07, 6.45) is 0. The van der Waals surface area contributed by atoms with Crippen molar-refractivity contribution in [1.82, 2.24) is 9.97 Å². The zero-order valence-electron chi connectivity index (χ0n) is 17.3. The zero-order chi connectivity index (χ0) is 23.6. The summed E-state index contributed by atoms with van der Waals surface area (Å²) in [6, 6.07) is 9.49. The molecule has 2 aromatic carbocycles. The fourth-order valence-electron chi connectivity index (χ4n) is 3.12. The summed E-state index contributed by atoms with van der Waals surface area (Å²) in [5.74, 6) is -7.38. The van der Waals surface area contributed by atoms with Crippen molar-refractivity contribution in [3.8, 4) is 0 Å². The van der Waals surface area contributed by atoms with Gasteiger partial charge < -0.3 is 15.0 Å². The number of aromatic nitrogens is 2. The first kappa shape index (κ1) is 22.8. The Morgan fingerprint density at radius 3 is 2.44 bits per heavy atom. The van der Waals surface area contributed by atoms with Crippen LogP contribution in [-0.4, -0.2) is 40.5 Å². The van der Waals surface area contributed by atoms with Crippen LogP contribution in [0.15, 0.2) is 41.2 Å². The van der Waals surface area contributed by atoms with Crippen molar-refractivity contribution in [3.63, 3.8) is 0 Å². The smallest absolute Gasteiger partial charge is 0.375 e. The third kappa shape index (κ3) is 4.57. The Hall–Kier alpha value is -3.85. The van der Waals surface area contributed by atoms with Gasteiger partial charge in [0.1, 0.15) is 11.6 Å². The highest BCUT2D eigenvalue weighted by atomic mass is 35.5. The van der Waals surface area contributed by atoms with Gasteiger partial charge in [-0.25, -0.2) is 9.78 Å². The fraction of sp³-hybridized carbons (Fsp3) is 0.182. The largest absolute Gasteiger partial charge is 0.463 e. The number of hydrogen-bond donors (Lipinski definition) is 2. The van der Waals surface area contributed by atoms with Crippen LogP contribution in [0.3, 0.4) is 0 Å². The van der Waals surface area contributed by atoms with E-state index in [0.29, 0.717) is 16.3 Å². The minimum absolute atomic E-state index is 0.203. The minimum Gasteiger partial charge on any atom is -0.463 e. The van der Waals surface area contributed by atoms with E-state index in [4.69, 9.17) is 11.6 Å². The molecule has 164 valence electrons. The van der Waals surface area contributed by atoms with Gasteiger partial charge in [0.15, 0.2) is 0 Å². The van der Waals surface area contributed by atoms with Gasteiger partial charge in [-0.1, -0.05) is 29.3 Å². The summed E-state index contributed by atoms with van der Waals surface area (Å²) in [4.78, 5) is 69.4. The summed E-state index contributed by atoms with van der Waals surface area (Å²) in [5, 5.41) is 2.74. The number of fused-ring (bicyclic) bond motifs is 1. The van der Waals surface area contributed by atoms with Crippen LogP contribution in [0.5, 0.6) is 0 Å². The number of anilines is 1. The maximum atomic E-state index is 13.0. The predicted molar refractivity (Wildman–Crippen MR) is 117 cm³/mol. The van der Waals surface area contributed by atoms with Gasteiger partial charge in [-0.15, -0.1) is 0 Å². The van der Waals surface area contributed by atoms with E-state index in [1.54, 1.807) is 25.1 Å². The number of carbonyl (C=O) groups is 4. The molecule has 1 atom stereocenters. The highest BCUT2D eigenvalue weighted by Crippen LogP contribution is 2.21. The predicted octanol–water partition coefficient (Wildman–Crippen LogP) is 2.23. The number of ketones is 2. The molecule has 0 saturated carbocycles. The molecule has 0 radical (unpaired) electrons. The van der Waals surface area contributed by atoms with Gasteiger partial charge in [-0.05, 0) is 43.7 Å². The molecule has 1 amide bonds. The molecule has 0 bridgehead atoms. The zero-order valence-corrected chi connectivity index (χ0v) is 18.1.